The molecule has 1 amide bonds. The molecule has 1 heterocycles. The molecule has 2 rings (SSSR count). The molecule has 0 saturated heterocycles. The fraction of sp³-hybridized carbons (Fsp3) is 0.333. The zero-order chi connectivity index (χ0) is 13.0. The van der Waals surface area contributed by atoms with E-state index in [2.05, 4.69) is 31.6 Å². The second kappa shape index (κ2) is 5.86. The first kappa shape index (κ1) is 12.9. The number of aliphatic imine (C=N–C) groups is 1. The molecule has 18 heavy (non-hydrogen) atoms. The number of ether oxygens (including phenoxy) is 1. The molecule has 1 aromatic carbocycles. The van der Waals surface area contributed by atoms with Crippen molar-refractivity contribution < 1.29 is 9.53 Å². The number of nitrogens with one attached hydrogen (secondary N) is 2. The maximum absolute atomic E-state index is 11.2. The van der Waals surface area contributed by atoms with Crippen molar-refractivity contribution in [1.29, 1.82) is 0 Å². The quantitative estimate of drug-likeness (QED) is 0.880. The number of hydrogen-bond donors (Lipinski definition) is 2. The van der Waals surface area contributed by atoms with Gasteiger partial charge >= 0.3 is 6.09 Å². The minimum absolute atomic E-state index is 0.0134. The molecule has 0 aromatic heterocycles. The largest absolute Gasteiger partial charge is 0.450 e. The smallest absolute Gasteiger partial charge is 0.413 e. The Balaban J connectivity index is 2.01. The minimum Gasteiger partial charge on any atom is -0.450 e. The van der Waals surface area contributed by atoms with Crippen LogP contribution >= 0.6 is 15.9 Å². The Morgan fingerprint density at radius 3 is 3.22 bits per heavy atom. The summed E-state index contributed by atoms with van der Waals surface area (Å²) in [7, 11) is 0. The lowest BCUT2D eigenvalue weighted by molar-refractivity contribution is 0.157. The summed E-state index contributed by atoms with van der Waals surface area (Å²) in [6, 6.07) is 7.97. The van der Waals surface area contributed by atoms with Gasteiger partial charge in [-0.05, 0) is 24.6 Å². The summed E-state index contributed by atoms with van der Waals surface area (Å²) in [6.45, 7) is 2.76. The SMILES string of the molecule is CCOC(=O)NC1=NC(c2cccc(Br)c2)CN1. The van der Waals surface area contributed by atoms with Gasteiger partial charge in [0.15, 0.2) is 0 Å². The van der Waals surface area contributed by atoms with Crippen molar-refractivity contribution >= 4 is 28.0 Å². The number of carbonyl (C=O) groups is 1. The number of guanidine groups is 1. The number of halogens is 1. The lowest BCUT2D eigenvalue weighted by atomic mass is 10.1. The summed E-state index contributed by atoms with van der Waals surface area (Å²) < 4.78 is 5.80. The molecule has 1 aliphatic rings. The molecule has 2 N–H and O–H groups in total. The summed E-state index contributed by atoms with van der Waals surface area (Å²) in [5.74, 6) is 0.457. The van der Waals surface area contributed by atoms with E-state index >= 15 is 0 Å². The second-order valence-corrected chi connectivity index (χ2v) is 4.69. The van der Waals surface area contributed by atoms with Crippen LogP contribution in [0.15, 0.2) is 33.7 Å². The molecule has 0 fully saturated rings. The lowest BCUT2D eigenvalue weighted by Gasteiger charge is -2.05. The van der Waals surface area contributed by atoms with Gasteiger partial charge in [0, 0.05) is 11.0 Å². The maximum Gasteiger partial charge on any atom is 0.413 e. The van der Waals surface area contributed by atoms with Crippen LogP contribution in [0, 0.1) is 0 Å². The van der Waals surface area contributed by atoms with E-state index in [9.17, 15) is 4.79 Å². The van der Waals surface area contributed by atoms with Crippen LogP contribution in [0.2, 0.25) is 0 Å². The van der Waals surface area contributed by atoms with E-state index in [0.717, 1.165) is 10.0 Å². The molecule has 5 nitrogen and oxygen atoms in total. The molecule has 96 valence electrons. The van der Waals surface area contributed by atoms with E-state index in [-0.39, 0.29) is 6.04 Å². The molecule has 1 aliphatic heterocycles. The minimum atomic E-state index is -0.487. The monoisotopic (exact) mass is 311 g/mol. The molecule has 1 atom stereocenters. The zero-order valence-electron chi connectivity index (χ0n) is 9.94. The van der Waals surface area contributed by atoms with Gasteiger partial charge in [0.1, 0.15) is 0 Å². The number of hydrogen-bond acceptors (Lipinski definition) is 4. The van der Waals surface area contributed by atoms with E-state index < -0.39 is 6.09 Å². The van der Waals surface area contributed by atoms with Gasteiger partial charge in [0.2, 0.25) is 5.96 Å². The number of carbonyl (C=O) groups excluding carboxylic acids is 1. The van der Waals surface area contributed by atoms with Crippen LogP contribution in [0.1, 0.15) is 18.5 Å². The predicted octanol–water partition coefficient (Wildman–Crippen LogP) is 2.20. The van der Waals surface area contributed by atoms with Gasteiger partial charge in [0.05, 0.1) is 12.6 Å². The fourth-order valence-corrected chi connectivity index (χ4v) is 2.10. The Morgan fingerprint density at radius 1 is 1.67 bits per heavy atom. The first-order valence-electron chi connectivity index (χ1n) is 5.70. The van der Waals surface area contributed by atoms with Gasteiger partial charge in [-0.25, -0.2) is 9.79 Å². The molecule has 0 bridgehead atoms. The summed E-state index contributed by atoms with van der Waals surface area (Å²) in [5.41, 5.74) is 1.09. The molecule has 0 aliphatic carbocycles. The molecule has 0 saturated carbocycles. The summed E-state index contributed by atoms with van der Waals surface area (Å²) in [6.07, 6.45) is -0.487. The number of amides is 1. The molecule has 1 unspecified atom stereocenters. The standard InChI is InChI=1S/C12H14BrN3O2/c1-2-18-12(17)16-11-14-7-10(15-11)8-4-3-5-9(13)6-8/h3-6,10H,2,7H2,1H3,(H2,14,15,16,17). The van der Waals surface area contributed by atoms with Crippen molar-refractivity contribution in [1.82, 2.24) is 10.6 Å². The Labute approximate surface area is 114 Å². The number of rotatable bonds is 2. The second-order valence-electron chi connectivity index (χ2n) is 3.77. The van der Waals surface area contributed by atoms with Crippen LogP contribution in [-0.2, 0) is 4.74 Å². The van der Waals surface area contributed by atoms with E-state index in [4.69, 9.17) is 4.74 Å². The third-order valence-electron chi connectivity index (χ3n) is 2.48. The van der Waals surface area contributed by atoms with Crippen LogP contribution in [0.3, 0.4) is 0 Å². The van der Waals surface area contributed by atoms with Crippen LogP contribution < -0.4 is 10.6 Å². The van der Waals surface area contributed by atoms with Crippen molar-refractivity contribution in [2.75, 3.05) is 13.2 Å². The number of alkyl carbamates (subject to hydrolysis) is 1. The van der Waals surface area contributed by atoms with Gasteiger partial charge < -0.3 is 10.1 Å². The predicted molar refractivity (Wildman–Crippen MR) is 72.5 cm³/mol. The number of benzene rings is 1. The van der Waals surface area contributed by atoms with Crippen molar-refractivity contribution in [2.24, 2.45) is 4.99 Å². The van der Waals surface area contributed by atoms with Crippen LogP contribution in [-0.4, -0.2) is 25.2 Å². The highest BCUT2D eigenvalue weighted by molar-refractivity contribution is 9.10. The average Bonchev–Trinajstić information content (AvgIpc) is 2.78. The van der Waals surface area contributed by atoms with Gasteiger partial charge in [0.25, 0.3) is 0 Å². The van der Waals surface area contributed by atoms with E-state index in [1.165, 1.54) is 0 Å². The molecule has 1 aromatic rings. The van der Waals surface area contributed by atoms with Crippen molar-refractivity contribution in [3.63, 3.8) is 0 Å². The summed E-state index contributed by atoms with van der Waals surface area (Å²) >= 11 is 3.43. The van der Waals surface area contributed by atoms with Crippen LogP contribution in [0.5, 0.6) is 0 Å². The topological polar surface area (TPSA) is 62.7 Å². The van der Waals surface area contributed by atoms with Crippen molar-refractivity contribution in [3.05, 3.63) is 34.3 Å². The number of nitrogens with zero attached hydrogens (tertiary/aromatic N) is 1. The highest BCUT2D eigenvalue weighted by atomic mass is 79.9. The van der Waals surface area contributed by atoms with Gasteiger partial charge in [-0.15, -0.1) is 0 Å². The van der Waals surface area contributed by atoms with Crippen molar-refractivity contribution in [2.45, 2.75) is 13.0 Å². The molecule has 0 spiro atoms. The highest BCUT2D eigenvalue weighted by Crippen LogP contribution is 2.22. The van der Waals surface area contributed by atoms with E-state index in [0.29, 0.717) is 19.1 Å². The Kier molecular flexibility index (Phi) is 4.19. The summed E-state index contributed by atoms with van der Waals surface area (Å²) in [4.78, 5) is 15.6. The first-order valence-corrected chi connectivity index (χ1v) is 6.49. The van der Waals surface area contributed by atoms with Gasteiger partial charge in [-0.3, -0.25) is 5.32 Å². The third kappa shape index (κ3) is 3.22. The molecule has 0 radical (unpaired) electrons. The molecular weight excluding hydrogens is 298 g/mol. The highest BCUT2D eigenvalue weighted by Gasteiger charge is 2.20. The lowest BCUT2D eigenvalue weighted by Crippen LogP contribution is -2.38. The molecular formula is C12H14BrN3O2. The maximum atomic E-state index is 11.2. The van der Waals surface area contributed by atoms with Gasteiger partial charge in [-0.2, -0.15) is 0 Å². The van der Waals surface area contributed by atoms with E-state index in [1.54, 1.807) is 6.92 Å². The zero-order valence-corrected chi connectivity index (χ0v) is 11.5. The van der Waals surface area contributed by atoms with Crippen molar-refractivity contribution in [3.8, 4) is 0 Å². The normalized spacial score (nSPS) is 17.9. The van der Waals surface area contributed by atoms with E-state index in [1.807, 2.05) is 24.3 Å². The Bertz CT molecular complexity index is 476. The van der Waals surface area contributed by atoms with Crippen LogP contribution in [0.25, 0.3) is 0 Å². The third-order valence-corrected chi connectivity index (χ3v) is 2.97. The summed E-state index contributed by atoms with van der Waals surface area (Å²) in [5, 5.41) is 5.60. The average molecular weight is 312 g/mol. The first-order chi connectivity index (χ1) is 8.69. The van der Waals surface area contributed by atoms with Gasteiger partial charge in [-0.1, -0.05) is 28.1 Å². The fourth-order valence-electron chi connectivity index (χ4n) is 1.69. The van der Waals surface area contributed by atoms with Crippen LogP contribution in [0.4, 0.5) is 4.79 Å². The Morgan fingerprint density at radius 2 is 2.50 bits per heavy atom. The Hall–Kier alpha value is -1.56. The molecule has 6 heteroatoms.